The molecule has 1 aromatic heterocycles. The Morgan fingerprint density at radius 1 is 0.267 bits per heavy atom. The van der Waals surface area contributed by atoms with E-state index in [1.807, 2.05) is 0 Å². The van der Waals surface area contributed by atoms with E-state index in [2.05, 4.69) is 180 Å². The summed E-state index contributed by atoms with van der Waals surface area (Å²) < 4.78 is 2.40. The molecule has 210 valence electrons. The van der Waals surface area contributed by atoms with Gasteiger partial charge in [-0.2, -0.15) is 0 Å². The Bertz CT molecular complexity index is 2450. The second kappa shape index (κ2) is 10.4. The first-order chi connectivity index (χ1) is 22.3. The largest absolute Gasteiger partial charge is 0.309 e. The number of hydrogen-bond donors (Lipinski definition) is 0. The molecule has 0 saturated carbocycles. The van der Waals surface area contributed by atoms with Crippen molar-refractivity contribution in [1.82, 2.24) is 4.57 Å². The van der Waals surface area contributed by atoms with Gasteiger partial charge in [0.15, 0.2) is 0 Å². The fraction of sp³-hybridized carbons (Fsp3) is 0. The predicted octanol–water partition coefficient (Wildman–Crippen LogP) is 12.1. The van der Waals surface area contributed by atoms with Crippen LogP contribution in [0.15, 0.2) is 176 Å². The maximum atomic E-state index is 2.42. The molecule has 0 aliphatic rings. The second-order valence-corrected chi connectivity index (χ2v) is 11.7. The fourth-order valence-electron chi connectivity index (χ4n) is 7.20. The van der Waals surface area contributed by atoms with Crippen molar-refractivity contribution >= 4 is 43.4 Å². The summed E-state index contributed by atoms with van der Waals surface area (Å²) >= 11 is 0. The lowest BCUT2D eigenvalue weighted by molar-refractivity contribution is 1.18. The molecule has 45 heavy (non-hydrogen) atoms. The normalized spacial score (nSPS) is 11.6. The Morgan fingerprint density at radius 3 is 1.20 bits per heavy atom. The van der Waals surface area contributed by atoms with Crippen LogP contribution in [0.25, 0.3) is 82.4 Å². The van der Waals surface area contributed by atoms with E-state index < -0.39 is 0 Å². The smallest absolute Gasteiger partial charge is 0.0541 e. The number of nitrogens with zero attached hydrogens (tertiary/aromatic N) is 1. The Balaban J connectivity index is 1.38. The minimum absolute atomic E-state index is 1.17. The van der Waals surface area contributed by atoms with Crippen LogP contribution < -0.4 is 0 Å². The minimum atomic E-state index is 1.17. The van der Waals surface area contributed by atoms with Gasteiger partial charge in [-0.05, 0) is 91.3 Å². The van der Waals surface area contributed by atoms with E-state index in [1.54, 1.807) is 0 Å². The van der Waals surface area contributed by atoms with Crippen LogP contribution in [0.3, 0.4) is 0 Å². The van der Waals surface area contributed by atoms with Gasteiger partial charge in [0.05, 0.1) is 11.0 Å². The molecule has 0 bridgehead atoms. The summed E-state index contributed by atoms with van der Waals surface area (Å²) in [6.07, 6.45) is 0. The molecule has 0 aliphatic heterocycles. The van der Waals surface area contributed by atoms with E-state index in [1.165, 1.54) is 82.4 Å². The van der Waals surface area contributed by atoms with E-state index in [0.717, 1.165) is 0 Å². The van der Waals surface area contributed by atoms with Gasteiger partial charge in [-0.25, -0.2) is 0 Å². The number of para-hydroxylation sites is 1. The van der Waals surface area contributed by atoms with Gasteiger partial charge >= 0.3 is 0 Å². The van der Waals surface area contributed by atoms with E-state index in [4.69, 9.17) is 0 Å². The van der Waals surface area contributed by atoms with Gasteiger partial charge in [-0.3, -0.25) is 0 Å². The van der Waals surface area contributed by atoms with Gasteiger partial charge in [-0.15, -0.1) is 0 Å². The lowest BCUT2D eigenvalue weighted by atomic mass is 9.86. The van der Waals surface area contributed by atoms with Gasteiger partial charge in [0.2, 0.25) is 0 Å². The van der Waals surface area contributed by atoms with Crippen LogP contribution in [0.2, 0.25) is 0 Å². The Labute approximate surface area is 262 Å². The maximum absolute atomic E-state index is 2.42. The maximum Gasteiger partial charge on any atom is 0.0541 e. The zero-order chi connectivity index (χ0) is 29.7. The molecule has 1 nitrogen and oxygen atoms in total. The van der Waals surface area contributed by atoms with Gasteiger partial charge < -0.3 is 4.57 Å². The van der Waals surface area contributed by atoms with Crippen molar-refractivity contribution in [2.24, 2.45) is 0 Å². The van der Waals surface area contributed by atoms with E-state index in [9.17, 15) is 0 Å². The molecule has 9 aromatic rings. The summed E-state index contributed by atoms with van der Waals surface area (Å²) in [6, 6.07) is 63.9. The van der Waals surface area contributed by atoms with Crippen molar-refractivity contribution in [1.29, 1.82) is 0 Å². The molecule has 0 fully saturated rings. The Morgan fingerprint density at radius 2 is 0.667 bits per heavy atom. The average molecular weight is 572 g/mol. The van der Waals surface area contributed by atoms with Crippen molar-refractivity contribution in [3.05, 3.63) is 176 Å². The molecule has 1 heteroatoms. The van der Waals surface area contributed by atoms with Crippen LogP contribution in [0.5, 0.6) is 0 Å². The van der Waals surface area contributed by atoms with Crippen molar-refractivity contribution in [3.63, 3.8) is 0 Å². The Kier molecular flexibility index (Phi) is 5.89. The van der Waals surface area contributed by atoms with Crippen LogP contribution in [-0.4, -0.2) is 4.57 Å². The van der Waals surface area contributed by atoms with Gasteiger partial charge in [-0.1, -0.05) is 140 Å². The monoisotopic (exact) mass is 571 g/mol. The molecule has 0 amide bonds. The highest BCUT2D eigenvalue weighted by molar-refractivity contribution is 6.22. The summed E-state index contributed by atoms with van der Waals surface area (Å²) in [5.41, 5.74) is 11.1. The van der Waals surface area contributed by atoms with Crippen LogP contribution in [-0.2, 0) is 0 Å². The van der Waals surface area contributed by atoms with Crippen molar-refractivity contribution in [3.8, 4) is 39.1 Å². The van der Waals surface area contributed by atoms with Crippen LogP contribution in [0.4, 0.5) is 0 Å². The van der Waals surface area contributed by atoms with E-state index >= 15 is 0 Å². The number of fused-ring (bicyclic) bond motifs is 5. The molecule has 0 N–H and O–H groups in total. The van der Waals surface area contributed by atoms with Crippen LogP contribution in [0, 0.1) is 0 Å². The summed E-state index contributed by atoms with van der Waals surface area (Å²) in [5, 5.41) is 7.60. The Hall–Kier alpha value is -5.92. The first kappa shape index (κ1) is 25.6. The van der Waals surface area contributed by atoms with E-state index in [-0.39, 0.29) is 0 Å². The number of aromatic nitrogens is 1. The molecule has 0 unspecified atom stereocenters. The molecule has 1 heterocycles. The van der Waals surface area contributed by atoms with Crippen molar-refractivity contribution in [2.45, 2.75) is 0 Å². The van der Waals surface area contributed by atoms with Gasteiger partial charge in [0, 0.05) is 16.5 Å². The molecular formula is C44H29N. The molecule has 0 aliphatic carbocycles. The highest BCUT2D eigenvalue weighted by Gasteiger charge is 2.19. The summed E-state index contributed by atoms with van der Waals surface area (Å²) in [7, 11) is 0. The van der Waals surface area contributed by atoms with Gasteiger partial charge in [0.1, 0.15) is 0 Å². The van der Waals surface area contributed by atoms with Crippen LogP contribution >= 0.6 is 0 Å². The molecule has 0 radical (unpaired) electrons. The van der Waals surface area contributed by atoms with Crippen LogP contribution in [0.1, 0.15) is 0 Å². The number of benzene rings is 8. The second-order valence-electron chi connectivity index (χ2n) is 11.7. The minimum Gasteiger partial charge on any atom is -0.309 e. The van der Waals surface area contributed by atoms with Crippen molar-refractivity contribution < 1.29 is 0 Å². The average Bonchev–Trinajstić information content (AvgIpc) is 3.44. The molecule has 9 rings (SSSR count). The summed E-state index contributed by atoms with van der Waals surface area (Å²) in [4.78, 5) is 0. The topological polar surface area (TPSA) is 4.93 Å². The lowest BCUT2D eigenvalue weighted by Gasteiger charge is -2.18. The quantitative estimate of drug-likeness (QED) is 0.185. The first-order valence-corrected chi connectivity index (χ1v) is 15.5. The lowest BCUT2D eigenvalue weighted by Crippen LogP contribution is -1.93. The zero-order valence-corrected chi connectivity index (χ0v) is 24.7. The summed E-state index contributed by atoms with van der Waals surface area (Å²) in [6.45, 7) is 0. The fourth-order valence-corrected chi connectivity index (χ4v) is 7.20. The SMILES string of the molecule is c1ccc(-c2ccc3c(c2)c2cc(-c4c5ccccc5c(-c5ccccc5)c5ccccc45)ccc2n3-c2ccccc2)cc1. The zero-order valence-electron chi connectivity index (χ0n) is 24.7. The molecule has 0 saturated heterocycles. The molecule has 0 spiro atoms. The molecular weight excluding hydrogens is 542 g/mol. The van der Waals surface area contributed by atoms with Gasteiger partial charge in [0.25, 0.3) is 0 Å². The van der Waals surface area contributed by atoms with E-state index in [0.29, 0.717) is 0 Å². The first-order valence-electron chi connectivity index (χ1n) is 15.5. The third-order valence-electron chi connectivity index (χ3n) is 9.17. The molecule has 0 atom stereocenters. The van der Waals surface area contributed by atoms with Crippen molar-refractivity contribution in [2.75, 3.05) is 0 Å². The number of hydrogen-bond acceptors (Lipinski definition) is 0. The highest BCUT2D eigenvalue weighted by atomic mass is 15.0. The highest BCUT2D eigenvalue weighted by Crippen LogP contribution is 2.45. The summed E-state index contributed by atoms with van der Waals surface area (Å²) in [5.74, 6) is 0. The predicted molar refractivity (Wildman–Crippen MR) is 192 cm³/mol. The third kappa shape index (κ3) is 4.09. The third-order valence-corrected chi connectivity index (χ3v) is 9.17. The molecule has 8 aromatic carbocycles. The standard InChI is InChI=1S/C44H29N/c1-4-14-30(15-5-1)32-24-26-41-39(28-32)40-29-33(25-27-42(40)45(41)34-18-8-3-9-19-34)44-37-22-12-10-20-35(37)43(31-16-6-2-7-17-31)36-21-11-13-23-38(36)44/h1-29H. The number of rotatable bonds is 4.